The van der Waals surface area contributed by atoms with Crippen LogP contribution in [0.5, 0.6) is 0 Å². The van der Waals surface area contributed by atoms with E-state index in [0.717, 1.165) is 65.3 Å². The van der Waals surface area contributed by atoms with Crippen LogP contribution in [0.4, 0.5) is 4.39 Å². The van der Waals surface area contributed by atoms with Crippen LogP contribution in [0.1, 0.15) is 74.3 Å². The van der Waals surface area contributed by atoms with Gasteiger partial charge in [-0.15, -0.1) is 5.10 Å². The highest BCUT2D eigenvalue weighted by Crippen LogP contribution is 2.30. The molecular formula is C29H33FN6O2. The molecule has 2 aromatic heterocycles. The summed E-state index contributed by atoms with van der Waals surface area (Å²) in [6, 6.07) is 15.6. The number of halogens is 1. The fourth-order valence-corrected chi connectivity index (χ4v) is 5.44. The number of unbranched alkanes of at least 4 members (excludes halogenated alkanes) is 1. The number of tetrazole rings is 1. The number of rotatable bonds is 9. The molecule has 0 atom stereocenters. The number of carbonyl (C=O) groups excluding carboxylic acids is 1. The maximum Gasteiger partial charge on any atom is 0.337 e. The quantitative estimate of drug-likeness (QED) is 0.311. The van der Waals surface area contributed by atoms with E-state index >= 15 is 4.39 Å². The van der Waals surface area contributed by atoms with Crippen LogP contribution in [0.15, 0.2) is 53.3 Å². The van der Waals surface area contributed by atoms with Crippen molar-refractivity contribution in [1.82, 2.24) is 29.8 Å². The average molecular weight is 517 g/mol. The molecule has 4 aromatic rings. The fourth-order valence-electron chi connectivity index (χ4n) is 5.44. The first-order valence-corrected chi connectivity index (χ1v) is 13.5. The molecule has 0 unspecified atom stereocenters. The van der Waals surface area contributed by atoms with Crippen molar-refractivity contribution in [2.45, 2.75) is 71.3 Å². The minimum Gasteiger partial charge on any atom is -0.288 e. The Morgan fingerprint density at radius 2 is 1.79 bits per heavy atom. The third kappa shape index (κ3) is 5.37. The summed E-state index contributed by atoms with van der Waals surface area (Å²) in [5, 5.41) is 14.2. The normalized spacial score (nSPS) is 14.2. The zero-order chi connectivity index (χ0) is 26.5. The minimum absolute atomic E-state index is 0.201. The summed E-state index contributed by atoms with van der Waals surface area (Å²) in [5.41, 5.74) is 3.38. The van der Waals surface area contributed by atoms with Crippen LogP contribution >= 0.6 is 0 Å². The van der Waals surface area contributed by atoms with Gasteiger partial charge in [-0.25, -0.2) is 14.5 Å². The van der Waals surface area contributed by atoms with Crippen molar-refractivity contribution in [3.63, 3.8) is 0 Å². The van der Waals surface area contributed by atoms with Crippen molar-refractivity contribution < 1.29 is 9.18 Å². The molecule has 2 heterocycles. The molecule has 1 saturated carbocycles. The summed E-state index contributed by atoms with van der Waals surface area (Å²) in [6.07, 6.45) is 7.54. The number of nitrogens with zero attached hydrogens (tertiary/aromatic N) is 5. The first-order chi connectivity index (χ1) is 18.6. The van der Waals surface area contributed by atoms with Crippen LogP contribution in [0.25, 0.3) is 22.5 Å². The zero-order valence-corrected chi connectivity index (χ0v) is 21.7. The van der Waals surface area contributed by atoms with Crippen molar-refractivity contribution in [2.24, 2.45) is 5.92 Å². The largest absolute Gasteiger partial charge is 0.337 e. The molecule has 0 bridgehead atoms. The van der Waals surface area contributed by atoms with E-state index < -0.39 is 17.5 Å². The third-order valence-electron chi connectivity index (χ3n) is 7.52. The first-order valence-electron chi connectivity index (χ1n) is 13.5. The van der Waals surface area contributed by atoms with Gasteiger partial charge in [0.2, 0.25) is 11.9 Å². The van der Waals surface area contributed by atoms with E-state index in [1.807, 2.05) is 55.5 Å². The number of aromatic amines is 1. The standard InChI is InChI=1S/C29H33FN6O2/c1-2-3-13-25-27(30)36(26(37)18-20-9-5-4-6-10-20)29(38)35(25)19-21-14-16-22(17-15-21)23-11-7-8-12-24(23)28-31-33-34-32-28/h7-8,11-12,14-17,20H,2-6,9-10,13,18-19H2,1H3,(H,31,32,33,34). The topological polar surface area (TPSA) is 98.5 Å². The molecule has 8 nitrogen and oxygen atoms in total. The van der Waals surface area contributed by atoms with E-state index in [9.17, 15) is 9.59 Å². The molecule has 1 aliphatic carbocycles. The van der Waals surface area contributed by atoms with E-state index in [-0.39, 0.29) is 18.9 Å². The van der Waals surface area contributed by atoms with Gasteiger partial charge in [0.05, 0.1) is 12.2 Å². The molecular weight excluding hydrogens is 483 g/mol. The van der Waals surface area contributed by atoms with Gasteiger partial charge >= 0.3 is 5.69 Å². The lowest BCUT2D eigenvalue weighted by atomic mass is 9.87. The number of benzene rings is 2. The summed E-state index contributed by atoms with van der Waals surface area (Å²) in [5.74, 6) is -0.320. The second-order valence-electron chi connectivity index (χ2n) is 10.1. The van der Waals surface area contributed by atoms with E-state index in [2.05, 4.69) is 20.6 Å². The number of nitrogens with one attached hydrogen (secondary N) is 1. The lowest BCUT2D eigenvalue weighted by Gasteiger charge is -2.20. The Labute approximate surface area is 220 Å². The average Bonchev–Trinajstić information content (AvgIpc) is 3.56. The smallest absolute Gasteiger partial charge is 0.288 e. The van der Waals surface area contributed by atoms with Crippen LogP contribution in [-0.4, -0.2) is 35.7 Å². The lowest BCUT2D eigenvalue weighted by molar-refractivity contribution is 0.0849. The Morgan fingerprint density at radius 1 is 1.05 bits per heavy atom. The Hall–Kier alpha value is -3.88. The SMILES string of the molecule is CCCCc1c(F)n(C(=O)CC2CCCCC2)c(=O)n1Cc1ccc(-c2ccccc2-c2nnn[nH]2)cc1. The summed E-state index contributed by atoms with van der Waals surface area (Å²) in [4.78, 5) is 26.4. The molecule has 38 heavy (non-hydrogen) atoms. The molecule has 2 aromatic carbocycles. The number of hydrogen-bond acceptors (Lipinski definition) is 5. The van der Waals surface area contributed by atoms with Gasteiger partial charge in [0.25, 0.3) is 0 Å². The van der Waals surface area contributed by atoms with Gasteiger partial charge in [0.1, 0.15) is 0 Å². The molecule has 198 valence electrons. The van der Waals surface area contributed by atoms with E-state index in [4.69, 9.17) is 0 Å². The number of carbonyl (C=O) groups is 1. The monoisotopic (exact) mass is 516 g/mol. The van der Waals surface area contributed by atoms with E-state index in [0.29, 0.717) is 17.9 Å². The predicted molar refractivity (Wildman–Crippen MR) is 143 cm³/mol. The summed E-state index contributed by atoms with van der Waals surface area (Å²) >= 11 is 0. The van der Waals surface area contributed by atoms with Crippen LogP contribution < -0.4 is 5.69 Å². The fraction of sp³-hybridized carbons (Fsp3) is 0.414. The Bertz CT molecular complexity index is 1430. The van der Waals surface area contributed by atoms with Gasteiger partial charge in [-0.1, -0.05) is 81.1 Å². The molecule has 9 heteroatoms. The highest BCUT2D eigenvalue weighted by molar-refractivity contribution is 5.80. The number of aromatic nitrogens is 6. The predicted octanol–water partition coefficient (Wildman–Crippen LogP) is 5.64. The van der Waals surface area contributed by atoms with Crippen LogP contribution in [0.2, 0.25) is 0 Å². The molecule has 0 amide bonds. The molecule has 0 spiro atoms. The zero-order valence-electron chi connectivity index (χ0n) is 21.7. The van der Waals surface area contributed by atoms with Crippen LogP contribution in [0, 0.1) is 11.9 Å². The van der Waals surface area contributed by atoms with Crippen molar-refractivity contribution in [3.05, 3.63) is 76.2 Å². The van der Waals surface area contributed by atoms with Crippen molar-refractivity contribution in [3.8, 4) is 22.5 Å². The minimum atomic E-state index is -0.699. The van der Waals surface area contributed by atoms with Crippen molar-refractivity contribution >= 4 is 5.91 Å². The highest BCUT2D eigenvalue weighted by Gasteiger charge is 2.26. The molecule has 5 rings (SSSR count). The van der Waals surface area contributed by atoms with Crippen LogP contribution in [-0.2, 0) is 13.0 Å². The third-order valence-corrected chi connectivity index (χ3v) is 7.52. The van der Waals surface area contributed by atoms with Gasteiger partial charge in [-0.05, 0) is 58.7 Å². The lowest BCUT2D eigenvalue weighted by Crippen LogP contribution is -2.31. The molecule has 1 N–H and O–H groups in total. The Balaban J connectivity index is 1.42. The van der Waals surface area contributed by atoms with E-state index in [1.165, 1.54) is 11.0 Å². The van der Waals surface area contributed by atoms with Gasteiger partial charge < -0.3 is 0 Å². The number of hydrogen-bond donors (Lipinski definition) is 1. The molecule has 1 fully saturated rings. The Morgan fingerprint density at radius 3 is 2.47 bits per heavy atom. The van der Waals surface area contributed by atoms with Gasteiger partial charge in [-0.3, -0.25) is 9.36 Å². The second kappa shape index (κ2) is 11.7. The van der Waals surface area contributed by atoms with Crippen molar-refractivity contribution in [1.29, 1.82) is 0 Å². The number of imidazole rings is 1. The Kier molecular flexibility index (Phi) is 7.91. The first kappa shape index (κ1) is 25.8. The molecule has 0 saturated heterocycles. The van der Waals surface area contributed by atoms with Crippen LogP contribution in [0.3, 0.4) is 0 Å². The molecule has 1 aliphatic rings. The van der Waals surface area contributed by atoms with Gasteiger partial charge in [-0.2, -0.15) is 4.39 Å². The molecule has 0 radical (unpaired) electrons. The number of H-pyrrole nitrogens is 1. The summed E-state index contributed by atoms with van der Waals surface area (Å²) < 4.78 is 17.8. The maximum atomic E-state index is 15.6. The second-order valence-corrected chi connectivity index (χ2v) is 10.1. The summed E-state index contributed by atoms with van der Waals surface area (Å²) in [7, 11) is 0. The molecule has 0 aliphatic heterocycles. The summed E-state index contributed by atoms with van der Waals surface area (Å²) in [6.45, 7) is 2.23. The van der Waals surface area contributed by atoms with Crippen molar-refractivity contribution in [2.75, 3.05) is 0 Å². The van der Waals surface area contributed by atoms with E-state index in [1.54, 1.807) is 0 Å². The maximum absolute atomic E-state index is 15.6. The highest BCUT2D eigenvalue weighted by atomic mass is 19.1. The van der Waals surface area contributed by atoms with Gasteiger partial charge in [0.15, 0.2) is 5.82 Å². The van der Waals surface area contributed by atoms with Gasteiger partial charge in [0, 0.05) is 12.0 Å².